The van der Waals surface area contributed by atoms with Gasteiger partial charge in [-0.05, 0) is 28.6 Å². The number of rotatable bonds is 1. The highest BCUT2D eigenvalue weighted by Crippen LogP contribution is 2.20. The topological polar surface area (TPSA) is 40.1 Å². The first-order valence-electron chi connectivity index (χ1n) is 3.96. The summed E-state index contributed by atoms with van der Waals surface area (Å²) in [6.45, 7) is 0. The van der Waals surface area contributed by atoms with Crippen LogP contribution in [0.15, 0.2) is 41.3 Å². The Labute approximate surface area is 82.7 Å². The Kier molecular flexibility index (Phi) is 2.31. The van der Waals surface area contributed by atoms with Crippen molar-refractivity contribution in [3.63, 3.8) is 0 Å². The van der Waals surface area contributed by atoms with Gasteiger partial charge in [-0.3, -0.25) is 4.21 Å². The van der Waals surface area contributed by atoms with Crippen molar-refractivity contribution in [3.05, 3.63) is 42.2 Å². The van der Waals surface area contributed by atoms with Crippen molar-refractivity contribution in [2.75, 3.05) is 0 Å². The lowest BCUT2D eigenvalue weighted by atomic mass is 10.1. The second kappa shape index (κ2) is 3.48. The van der Waals surface area contributed by atoms with Gasteiger partial charge in [0.05, 0.1) is 0 Å². The molecule has 2 aromatic rings. The van der Waals surface area contributed by atoms with Crippen LogP contribution in [0.1, 0.15) is 0 Å². The molecule has 0 saturated heterocycles. The zero-order valence-corrected chi connectivity index (χ0v) is 7.88. The molecule has 0 aliphatic heterocycles. The van der Waals surface area contributed by atoms with E-state index in [1.54, 1.807) is 24.3 Å². The number of fused-ring (bicyclic) bond motifs is 1. The Morgan fingerprint density at radius 3 is 2.64 bits per heavy atom. The van der Waals surface area contributed by atoms with Crippen LogP contribution in [0.2, 0.25) is 0 Å². The average Bonchev–Trinajstić information content (AvgIpc) is 2.17. The summed E-state index contributed by atoms with van der Waals surface area (Å²) in [4.78, 5) is -0.0267. The van der Waals surface area contributed by atoms with E-state index in [0.29, 0.717) is 10.8 Å². The van der Waals surface area contributed by atoms with Crippen LogP contribution < -0.4 is 0 Å². The Bertz CT molecular complexity index is 510. The van der Waals surface area contributed by atoms with Gasteiger partial charge in [-0.15, -0.1) is 0 Å². The van der Waals surface area contributed by atoms with Gasteiger partial charge in [-0.25, -0.2) is 4.39 Å². The normalized spacial score (nSPS) is 13.0. The molecule has 0 aliphatic rings. The van der Waals surface area contributed by atoms with Crippen molar-refractivity contribution in [2.45, 2.75) is 4.90 Å². The molecule has 2 aromatic carbocycles. The highest BCUT2D eigenvalue weighted by atomic mass is 32.2. The first-order valence-corrected chi connectivity index (χ1v) is 5.03. The zero-order valence-electron chi connectivity index (χ0n) is 7.07. The molecule has 4 heteroatoms. The van der Waals surface area contributed by atoms with Gasteiger partial charge < -0.3 is 4.55 Å². The van der Waals surface area contributed by atoms with E-state index in [4.69, 9.17) is 0 Å². The minimum absolute atomic E-state index is 0.0267. The van der Waals surface area contributed by atoms with Crippen LogP contribution in [-0.2, 0) is 11.1 Å². The summed E-state index contributed by atoms with van der Waals surface area (Å²) >= 11 is -2.39. The van der Waals surface area contributed by atoms with Crippen LogP contribution in [0.5, 0.6) is 0 Å². The molecule has 0 heterocycles. The van der Waals surface area contributed by atoms with Crippen LogP contribution in [0.4, 0.5) is 4.39 Å². The molecule has 0 aliphatic carbocycles. The fourth-order valence-corrected chi connectivity index (χ4v) is 1.76. The number of hydrogen-bond donors (Lipinski definition) is 0. The van der Waals surface area contributed by atoms with Crippen molar-refractivity contribution in [1.29, 1.82) is 0 Å². The van der Waals surface area contributed by atoms with Gasteiger partial charge >= 0.3 is 0 Å². The third-order valence-electron chi connectivity index (χ3n) is 1.98. The van der Waals surface area contributed by atoms with Crippen molar-refractivity contribution in [2.24, 2.45) is 0 Å². The molecule has 72 valence electrons. The fourth-order valence-electron chi connectivity index (χ4n) is 1.33. The summed E-state index contributed by atoms with van der Waals surface area (Å²) in [6.07, 6.45) is 0. The van der Waals surface area contributed by atoms with E-state index >= 15 is 0 Å². The van der Waals surface area contributed by atoms with Gasteiger partial charge in [-0.2, -0.15) is 0 Å². The second-order valence-corrected chi connectivity index (χ2v) is 3.80. The molecule has 0 saturated carbocycles. The predicted octanol–water partition coefficient (Wildman–Crippen LogP) is 2.22. The molecule has 2 rings (SSSR count). The third-order valence-corrected chi connectivity index (χ3v) is 2.60. The van der Waals surface area contributed by atoms with Crippen molar-refractivity contribution in [1.82, 2.24) is 0 Å². The highest BCUT2D eigenvalue weighted by Gasteiger charge is 2.02. The van der Waals surface area contributed by atoms with E-state index in [9.17, 15) is 13.2 Å². The SMILES string of the molecule is O=S([O-])c1cc(F)c2ccccc2c1. The first-order chi connectivity index (χ1) is 6.68. The molecule has 0 amide bonds. The van der Waals surface area contributed by atoms with E-state index in [-0.39, 0.29) is 4.90 Å². The third kappa shape index (κ3) is 1.54. The zero-order chi connectivity index (χ0) is 10.1. The van der Waals surface area contributed by atoms with Crippen LogP contribution in [-0.4, -0.2) is 8.76 Å². The van der Waals surface area contributed by atoms with E-state index in [2.05, 4.69) is 0 Å². The van der Waals surface area contributed by atoms with Crippen LogP contribution in [0, 0.1) is 5.82 Å². The lowest BCUT2D eigenvalue weighted by molar-refractivity contribution is 0.535. The number of benzene rings is 2. The maximum atomic E-state index is 13.3. The van der Waals surface area contributed by atoms with E-state index < -0.39 is 16.9 Å². The largest absolute Gasteiger partial charge is 0.768 e. The van der Waals surface area contributed by atoms with Gasteiger partial charge in [0, 0.05) is 10.3 Å². The predicted molar refractivity (Wildman–Crippen MR) is 51.1 cm³/mol. The van der Waals surface area contributed by atoms with Gasteiger partial charge in [0.15, 0.2) is 0 Å². The molecule has 0 N–H and O–H groups in total. The lowest BCUT2D eigenvalue weighted by Gasteiger charge is -2.07. The van der Waals surface area contributed by atoms with Gasteiger partial charge in [0.1, 0.15) is 5.82 Å². The Morgan fingerprint density at radius 1 is 1.21 bits per heavy atom. The summed E-state index contributed by atoms with van der Waals surface area (Å²) in [5.41, 5.74) is 0. The van der Waals surface area contributed by atoms with Gasteiger partial charge in [-0.1, -0.05) is 24.3 Å². The molecule has 0 aromatic heterocycles. The smallest absolute Gasteiger partial charge is 0.132 e. The molecular formula is C10H6FO2S-. The molecule has 0 spiro atoms. The van der Waals surface area contributed by atoms with Crippen molar-refractivity contribution >= 4 is 21.9 Å². The summed E-state index contributed by atoms with van der Waals surface area (Å²) < 4.78 is 34.6. The monoisotopic (exact) mass is 209 g/mol. The van der Waals surface area contributed by atoms with E-state index in [0.717, 1.165) is 6.07 Å². The second-order valence-electron chi connectivity index (χ2n) is 2.86. The minimum Gasteiger partial charge on any atom is -0.768 e. The fraction of sp³-hybridized carbons (Fsp3) is 0. The van der Waals surface area contributed by atoms with Crippen LogP contribution in [0.25, 0.3) is 10.8 Å². The molecule has 14 heavy (non-hydrogen) atoms. The van der Waals surface area contributed by atoms with Gasteiger partial charge in [0.25, 0.3) is 0 Å². The first kappa shape index (κ1) is 9.30. The van der Waals surface area contributed by atoms with Crippen molar-refractivity contribution in [3.8, 4) is 0 Å². The molecule has 1 unspecified atom stereocenters. The molecule has 0 radical (unpaired) electrons. The maximum absolute atomic E-state index is 13.3. The summed E-state index contributed by atoms with van der Waals surface area (Å²) in [5, 5.41) is 1.02. The number of hydrogen-bond acceptors (Lipinski definition) is 2. The Morgan fingerprint density at radius 2 is 1.93 bits per heavy atom. The summed E-state index contributed by atoms with van der Waals surface area (Å²) in [5.74, 6) is -0.512. The average molecular weight is 209 g/mol. The summed E-state index contributed by atoms with van der Waals surface area (Å²) in [7, 11) is 0. The van der Waals surface area contributed by atoms with Crippen LogP contribution >= 0.6 is 0 Å². The maximum Gasteiger partial charge on any atom is 0.132 e. The quantitative estimate of drug-likeness (QED) is 0.675. The molecule has 0 fully saturated rings. The van der Waals surface area contributed by atoms with Gasteiger partial charge in [0.2, 0.25) is 0 Å². The van der Waals surface area contributed by atoms with E-state index in [1.165, 1.54) is 6.07 Å². The number of halogens is 1. The highest BCUT2D eigenvalue weighted by molar-refractivity contribution is 7.79. The Hall–Kier alpha value is -1.26. The molecule has 2 nitrogen and oxygen atoms in total. The minimum atomic E-state index is -2.39. The summed E-state index contributed by atoms with van der Waals surface area (Å²) in [6, 6.07) is 9.20. The molecule has 0 bridgehead atoms. The van der Waals surface area contributed by atoms with Crippen molar-refractivity contribution < 1.29 is 13.2 Å². The Balaban J connectivity index is 2.78. The van der Waals surface area contributed by atoms with E-state index in [1.807, 2.05) is 0 Å². The standard InChI is InChI=1S/C10H7FO2S/c11-10-6-8(14(12)13)5-7-3-1-2-4-9(7)10/h1-6H,(H,12,13)/p-1. The molecular weight excluding hydrogens is 203 g/mol. The lowest BCUT2D eigenvalue weighted by Crippen LogP contribution is -1.90. The molecule has 1 atom stereocenters. The van der Waals surface area contributed by atoms with Crippen LogP contribution in [0.3, 0.4) is 0 Å².